The fourth-order valence-corrected chi connectivity index (χ4v) is 2.80. The molecule has 3 unspecified atom stereocenters. The maximum Gasteiger partial charge on any atom is 0.00230 e. The summed E-state index contributed by atoms with van der Waals surface area (Å²) in [6.07, 6.45) is 2.79. The number of nitrogens with one attached hydrogen (secondary N) is 2. The first-order chi connectivity index (χ1) is 7.14. The minimum Gasteiger partial charge on any atom is -0.316 e. The molecule has 88 valence electrons. The minimum atomic E-state index is 0.526. The van der Waals surface area contributed by atoms with Gasteiger partial charge >= 0.3 is 0 Å². The number of hydrogen-bond acceptors (Lipinski definition) is 2. The molecule has 1 saturated carbocycles. The molecule has 0 aromatic carbocycles. The highest BCUT2D eigenvalue weighted by Gasteiger charge is 2.37. The van der Waals surface area contributed by atoms with Crippen molar-refractivity contribution < 1.29 is 0 Å². The van der Waals surface area contributed by atoms with Crippen molar-refractivity contribution in [1.29, 1.82) is 0 Å². The molecule has 0 spiro atoms. The van der Waals surface area contributed by atoms with Gasteiger partial charge in [-0.2, -0.15) is 0 Å². The first kappa shape index (κ1) is 11.4. The SMILES string of the molecule is CC1CC1CNCC1(C(C)C)CCNC1. The van der Waals surface area contributed by atoms with E-state index in [0.29, 0.717) is 5.41 Å². The van der Waals surface area contributed by atoms with E-state index in [2.05, 4.69) is 31.4 Å². The summed E-state index contributed by atoms with van der Waals surface area (Å²) in [5, 5.41) is 7.22. The molecule has 0 bridgehead atoms. The molecule has 0 radical (unpaired) electrons. The fourth-order valence-electron chi connectivity index (χ4n) is 2.80. The van der Waals surface area contributed by atoms with Crippen molar-refractivity contribution in [2.45, 2.75) is 33.6 Å². The lowest BCUT2D eigenvalue weighted by atomic mass is 9.76. The largest absolute Gasteiger partial charge is 0.316 e. The molecule has 1 heterocycles. The van der Waals surface area contributed by atoms with E-state index in [1.54, 1.807) is 0 Å². The second kappa shape index (κ2) is 4.42. The minimum absolute atomic E-state index is 0.526. The molecular weight excluding hydrogens is 184 g/mol. The normalized spacial score (nSPS) is 40.0. The lowest BCUT2D eigenvalue weighted by molar-refractivity contribution is 0.208. The van der Waals surface area contributed by atoms with E-state index >= 15 is 0 Å². The van der Waals surface area contributed by atoms with Crippen molar-refractivity contribution in [2.24, 2.45) is 23.2 Å². The summed E-state index contributed by atoms with van der Waals surface area (Å²) < 4.78 is 0. The monoisotopic (exact) mass is 210 g/mol. The smallest absolute Gasteiger partial charge is 0.00230 e. The van der Waals surface area contributed by atoms with Gasteiger partial charge in [-0.15, -0.1) is 0 Å². The molecule has 1 saturated heterocycles. The summed E-state index contributed by atoms with van der Waals surface area (Å²) in [5.74, 6) is 2.74. The molecule has 3 atom stereocenters. The molecule has 15 heavy (non-hydrogen) atoms. The maximum absolute atomic E-state index is 3.70. The van der Waals surface area contributed by atoms with Crippen molar-refractivity contribution in [1.82, 2.24) is 10.6 Å². The third-order valence-corrected chi connectivity index (χ3v) is 4.66. The summed E-state index contributed by atoms with van der Waals surface area (Å²) in [5.41, 5.74) is 0.526. The van der Waals surface area contributed by atoms with E-state index in [1.807, 2.05) is 0 Å². The second-order valence-corrected chi connectivity index (χ2v) is 6.05. The van der Waals surface area contributed by atoms with Crippen LogP contribution in [0.1, 0.15) is 33.6 Å². The van der Waals surface area contributed by atoms with Crippen LogP contribution in [-0.4, -0.2) is 26.2 Å². The molecule has 2 aliphatic rings. The molecule has 1 aliphatic heterocycles. The van der Waals surface area contributed by atoms with Crippen LogP contribution in [0.15, 0.2) is 0 Å². The first-order valence-corrected chi connectivity index (χ1v) is 6.55. The van der Waals surface area contributed by atoms with Crippen LogP contribution in [0.5, 0.6) is 0 Å². The molecule has 0 amide bonds. The quantitative estimate of drug-likeness (QED) is 0.724. The van der Waals surface area contributed by atoms with Crippen LogP contribution in [0.3, 0.4) is 0 Å². The predicted molar refractivity (Wildman–Crippen MR) is 64.9 cm³/mol. The molecular formula is C13H26N2. The lowest BCUT2D eigenvalue weighted by Gasteiger charge is -2.33. The highest BCUT2D eigenvalue weighted by molar-refractivity contribution is 4.93. The molecule has 2 nitrogen and oxygen atoms in total. The first-order valence-electron chi connectivity index (χ1n) is 6.55. The van der Waals surface area contributed by atoms with E-state index in [1.165, 1.54) is 39.0 Å². The Bertz CT molecular complexity index is 207. The zero-order valence-corrected chi connectivity index (χ0v) is 10.5. The Morgan fingerprint density at radius 2 is 2.20 bits per heavy atom. The average molecular weight is 210 g/mol. The Kier molecular flexibility index (Phi) is 3.36. The number of hydrogen-bond donors (Lipinski definition) is 2. The van der Waals surface area contributed by atoms with Gasteiger partial charge in [0.1, 0.15) is 0 Å². The summed E-state index contributed by atoms with van der Waals surface area (Å²) in [6, 6.07) is 0. The van der Waals surface area contributed by atoms with Crippen LogP contribution < -0.4 is 10.6 Å². The van der Waals surface area contributed by atoms with Gasteiger partial charge in [-0.05, 0) is 49.1 Å². The van der Waals surface area contributed by atoms with Crippen molar-refractivity contribution in [3.63, 3.8) is 0 Å². The molecule has 0 aromatic rings. The van der Waals surface area contributed by atoms with E-state index in [9.17, 15) is 0 Å². The summed E-state index contributed by atoms with van der Waals surface area (Å²) in [7, 11) is 0. The molecule has 2 fully saturated rings. The zero-order chi connectivity index (χ0) is 10.9. The van der Waals surface area contributed by atoms with Gasteiger partial charge in [-0.1, -0.05) is 20.8 Å². The van der Waals surface area contributed by atoms with Gasteiger partial charge < -0.3 is 10.6 Å². The summed E-state index contributed by atoms with van der Waals surface area (Å²) in [6.45, 7) is 12.0. The Morgan fingerprint density at radius 3 is 2.67 bits per heavy atom. The Balaban J connectivity index is 1.74. The van der Waals surface area contributed by atoms with Crippen LogP contribution in [0, 0.1) is 23.2 Å². The van der Waals surface area contributed by atoms with Crippen molar-refractivity contribution in [2.75, 3.05) is 26.2 Å². The van der Waals surface area contributed by atoms with Crippen LogP contribution in [-0.2, 0) is 0 Å². The van der Waals surface area contributed by atoms with E-state index < -0.39 is 0 Å². The van der Waals surface area contributed by atoms with Gasteiger partial charge in [0.25, 0.3) is 0 Å². The summed E-state index contributed by atoms with van der Waals surface area (Å²) >= 11 is 0. The van der Waals surface area contributed by atoms with E-state index in [-0.39, 0.29) is 0 Å². The van der Waals surface area contributed by atoms with Gasteiger partial charge in [0.2, 0.25) is 0 Å². The molecule has 1 aliphatic carbocycles. The van der Waals surface area contributed by atoms with Crippen molar-refractivity contribution in [3.05, 3.63) is 0 Å². The third-order valence-electron chi connectivity index (χ3n) is 4.66. The van der Waals surface area contributed by atoms with Crippen LogP contribution >= 0.6 is 0 Å². The van der Waals surface area contributed by atoms with E-state index in [0.717, 1.165) is 17.8 Å². The van der Waals surface area contributed by atoms with E-state index in [4.69, 9.17) is 0 Å². The molecule has 2 heteroatoms. The molecule has 2 rings (SSSR count). The zero-order valence-electron chi connectivity index (χ0n) is 10.5. The second-order valence-electron chi connectivity index (χ2n) is 6.05. The Labute approximate surface area is 94.2 Å². The molecule has 2 N–H and O–H groups in total. The fraction of sp³-hybridized carbons (Fsp3) is 1.00. The lowest BCUT2D eigenvalue weighted by Crippen LogP contribution is -2.41. The Morgan fingerprint density at radius 1 is 1.47 bits per heavy atom. The topological polar surface area (TPSA) is 24.1 Å². The van der Waals surface area contributed by atoms with Crippen LogP contribution in [0.25, 0.3) is 0 Å². The standard InChI is InChI=1S/C13H26N2/c1-10(2)13(4-5-14-8-13)9-15-7-12-6-11(12)3/h10-12,14-15H,4-9H2,1-3H3. The highest BCUT2D eigenvalue weighted by Crippen LogP contribution is 2.37. The Hall–Kier alpha value is -0.0800. The van der Waals surface area contributed by atoms with Crippen molar-refractivity contribution in [3.8, 4) is 0 Å². The van der Waals surface area contributed by atoms with Gasteiger partial charge in [-0.3, -0.25) is 0 Å². The third kappa shape index (κ3) is 2.54. The van der Waals surface area contributed by atoms with Gasteiger partial charge in [0.15, 0.2) is 0 Å². The van der Waals surface area contributed by atoms with Gasteiger partial charge in [0, 0.05) is 13.1 Å². The van der Waals surface area contributed by atoms with Crippen molar-refractivity contribution >= 4 is 0 Å². The predicted octanol–water partition coefficient (Wildman–Crippen LogP) is 1.87. The molecule has 0 aromatic heterocycles. The van der Waals surface area contributed by atoms with Gasteiger partial charge in [-0.25, -0.2) is 0 Å². The maximum atomic E-state index is 3.70. The van der Waals surface area contributed by atoms with Gasteiger partial charge in [0.05, 0.1) is 0 Å². The average Bonchev–Trinajstić information content (AvgIpc) is 2.71. The highest BCUT2D eigenvalue weighted by atomic mass is 15.0. The summed E-state index contributed by atoms with van der Waals surface area (Å²) in [4.78, 5) is 0. The van der Waals surface area contributed by atoms with Crippen LogP contribution in [0.2, 0.25) is 0 Å². The van der Waals surface area contributed by atoms with Crippen LogP contribution in [0.4, 0.5) is 0 Å². The number of rotatable bonds is 5.